The van der Waals surface area contributed by atoms with Crippen LogP contribution in [-0.2, 0) is 9.84 Å². The lowest BCUT2D eigenvalue weighted by Crippen LogP contribution is -2.31. The summed E-state index contributed by atoms with van der Waals surface area (Å²) in [5.41, 5.74) is 1.10. The van der Waals surface area contributed by atoms with Gasteiger partial charge in [0.25, 0.3) is 0 Å². The van der Waals surface area contributed by atoms with E-state index in [1.54, 1.807) is 12.1 Å². The summed E-state index contributed by atoms with van der Waals surface area (Å²) in [5.74, 6) is 0.287. The highest BCUT2D eigenvalue weighted by Crippen LogP contribution is 2.32. The highest BCUT2D eigenvalue weighted by molar-refractivity contribution is 7.92. The molecule has 0 radical (unpaired) electrons. The predicted octanol–water partition coefficient (Wildman–Crippen LogP) is 3.35. The molecule has 2 atom stereocenters. The topological polar surface area (TPSA) is 34.1 Å². The number of rotatable bonds is 2. The number of benzene rings is 1. The molecule has 0 bridgehead atoms. The molecule has 1 aliphatic carbocycles. The van der Waals surface area contributed by atoms with Gasteiger partial charge in [-0.2, -0.15) is 0 Å². The van der Waals surface area contributed by atoms with Crippen molar-refractivity contribution < 1.29 is 8.42 Å². The highest BCUT2D eigenvalue weighted by atomic mass is 32.2. The lowest BCUT2D eigenvalue weighted by Gasteiger charge is -2.28. The molecule has 0 N–H and O–H groups in total. The van der Waals surface area contributed by atoms with Crippen molar-refractivity contribution in [3.8, 4) is 0 Å². The van der Waals surface area contributed by atoms with Crippen molar-refractivity contribution in [3.63, 3.8) is 0 Å². The molecule has 2 rings (SSSR count). The molecule has 1 aromatic rings. The van der Waals surface area contributed by atoms with Crippen LogP contribution >= 0.6 is 0 Å². The molecule has 1 fully saturated rings. The van der Waals surface area contributed by atoms with Crippen molar-refractivity contribution in [3.05, 3.63) is 29.8 Å². The standard InChI is InChI=1S/C14H20O2S/c1-11-7-9-13(10-8-11)17(15,16)14-6-4-3-5-12(14)2/h7-10,12,14H,3-6H2,1-2H3. The van der Waals surface area contributed by atoms with Crippen LogP contribution in [0.25, 0.3) is 0 Å². The molecule has 1 saturated carbocycles. The van der Waals surface area contributed by atoms with Crippen molar-refractivity contribution in [2.24, 2.45) is 5.92 Å². The minimum atomic E-state index is -3.13. The van der Waals surface area contributed by atoms with Crippen LogP contribution in [0, 0.1) is 12.8 Å². The Labute approximate surface area is 104 Å². The summed E-state index contributed by atoms with van der Waals surface area (Å²) < 4.78 is 25.0. The van der Waals surface area contributed by atoms with Crippen LogP contribution in [0.1, 0.15) is 38.2 Å². The first-order chi connectivity index (χ1) is 8.01. The van der Waals surface area contributed by atoms with Gasteiger partial charge in [-0.05, 0) is 37.8 Å². The van der Waals surface area contributed by atoms with Gasteiger partial charge in [-0.1, -0.05) is 37.5 Å². The number of hydrogen-bond donors (Lipinski definition) is 0. The van der Waals surface area contributed by atoms with E-state index >= 15 is 0 Å². The normalized spacial score (nSPS) is 25.8. The van der Waals surface area contributed by atoms with Gasteiger partial charge >= 0.3 is 0 Å². The Morgan fingerprint density at radius 2 is 1.65 bits per heavy atom. The van der Waals surface area contributed by atoms with E-state index in [0.717, 1.165) is 24.8 Å². The largest absolute Gasteiger partial charge is 0.223 e. The third-order valence-electron chi connectivity index (χ3n) is 3.78. The first-order valence-corrected chi connectivity index (χ1v) is 7.87. The summed E-state index contributed by atoms with van der Waals surface area (Å²) >= 11 is 0. The molecule has 3 heteroatoms. The lowest BCUT2D eigenvalue weighted by atomic mass is 9.90. The number of hydrogen-bond acceptors (Lipinski definition) is 2. The lowest BCUT2D eigenvalue weighted by molar-refractivity contribution is 0.381. The van der Waals surface area contributed by atoms with E-state index in [4.69, 9.17) is 0 Å². The molecule has 0 saturated heterocycles. The van der Waals surface area contributed by atoms with Gasteiger partial charge in [-0.15, -0.1) is 0 Å². The first kappa shape index (κ1) is 12.6. The number of sulfone groups is 1. The van der Waals surface area contributed by atoms with E-state index < -0.39 is 9.84 Å². The Morgan fingerprint density at radius 3 is 2.24 bits per heavy atom. The molecule has 0 heterocycles. The maximum atomic E-state index is 12.5. The van der Waals surface area contributed by atoms with E-state index in [1.165, 1.54) is 6.42 Å². The van der Waals surface area contributed by atoms with E-state index in [2.05, 4.69) is 6.92 Å². The van der Waals surface area contributed by atoms with Gasteiger partial charge in [-0.3, -0.25) is 0 Å². The molecular formula is C14H20O2S. The van der Waals surface area contributed by atoms with Crippen molar-refractivity contribution in [1.29, 1.82) is 0 Å². The van der Waals surface area contributed by atoms with Gasteiger partial charge in [0.1, 0.15) is 0 Å². The Kier molecular flexibility index (Phi) is 3.57. The van der Waals surface area contributed by atoms with Gasteiger partial charge < -0.3 is 0 Å². The molecule has 2 nitrogen and oxygen atoms in total. The zero-order valence-electron chi connectivity index (χ0n) is 10.5. The van der Waals surface area contributed by atoms with Gasteiger partial charge in [-0.25, -0.2) is 8.42 Å². The average molecular weight is 252 g/mol. The number of aryl methyl sites for hydroxylation is 1. The Hall–Kier alpha value is -0.830. The Balaban J connectivity index is 2.32. The van der Waals surface area contributed by atoms with Crippen molar-refractivity contribution in [2.75, 3.05) is 0 Å². The van der Waals surface area contributed by atoms with Gasteiger partial charge in [0, 0.05) is 0 Å². The summed E-state index contributed by atoms with van der Waals surface area (Å²) in [7, 11) is -3.13. The molecule has 94 valence electrons. The molecule has 0 spiro atoms. The van der Waals surface area contributed by atoms with Crippen molar-refractivity contribution in [2.45, 2.75) is 49.7 Å². The highest BCUT2D eigenvalue weighted by Gasteiger charge is 2.33. The summed E-state index contributed by atoms with van der Waals surface area (Å²) in [4.78, 5) is 0.488. The van der Waals surface area contributed by atoms with E-state index in [-0.39, 0.29) is 11.2 Å². The molecule has 0 aliphatic heterocycles. The summed E-state index contributed by atoms with van der Waals surface area (Å²) in [6.45, 7) is 4.04. The second-order valence-electron chi connectivity index (χ2n) is 5.16. The Bertz CT molecular complexity index is 473. The van der Waals surface area contributed by atoms with Gasteiger partial charge in [0.15, 0.2) is 9.84 Å². The first-order valence-electron chi connectivity index (χ1n) is 6.32. The van der Waals surface area contributed by atoms with Crippen LogP contribution in [0.5, 0.6) is 0 Å². The van der Waals surface area contributed by atoms with Gasteiger partial charge in [0.05, 0.1) is 10.1 Å². The molecule has 2 unspecified atom stereocenters. The van der Waals surface area contributed by atoms with Crippen LogP contribution in [0.3, 0.4) is 0 Å². The fourth-order valence-electron chi connectivity index (χ4n) is 2.65. The fourth-order valence-corrected chi connectivity index (χ4v) is 4.74. The SMILES string of the molecule is Cc1ccc(S(=O)(=O)C2CCCCC2C)cc1. The molecule has 1 aromatic carbocycles. The minimum Gasteiger partial charge on any atom is -0.223 e. The predicted molar refractivity (Wildman–Crippen MR) is 69.8 cm³/mol. The summed E-state index contributed by atoms with van der Waals surface area (Å²) in [6, 6.07) is 7.23. The molecule has 0 aromatic heterocycles. The molecule has 0 amide bonds. The average Bonchev–Trinajstić information content (AvgIpc) is 2.30. The third kappa shape index (κ3) is 2.54. The van der Waals surface area contributed by atoms with Crippen LogP contribution in [0.2, 0.25) is 0 Å². The molecule has 1 aliphatic rings. The van der Waals surface area contributed by atoms with E-state index in [1.807, 2.05) is 19.1 Å². The third-order valence-corrected chi connectivity index (χ3v) is 6.21. The fraction of sp³-hybridized carbons (Fsp3) is 0.571. The van der Waals surface area contributed by atoms with Crippen LogP contribution < -0.4 is 0 Å². The summed E-state index contributed by atoms with van der Waals surface area (Å²) in [5, 5.41) is -0.182. The van der Waals surface area contributed by atoms with Crippen LogP contribution in [0.15, 0.2) is 29.2 Å². The second-order valence-corrected chi connectivity index (χ2v) is 7.33. The zero-order chi connectivity index (χ0) is 12.5. The van der Waals surface area contributed by atoms with E-state index in [9.17, 15) is 8.42 Å². The Morgan fingerprint density at radius 1 is 1.06 bits per heavy atom. The quantitative estimate of drug-likeness (QED) is 0.809. The van der Waals surface area contributed by atoms with Crippen LogP contribution in [-0.4, -0.2) is 13.7 Å². The van der Waals surface area contributed by atoms with E-state index in [0.29, 0.717) is 4.90 Å². The van der Waals surface area contributed by atoms with Crippen LogP contribution in [0.4, 0.5) is 0 Å². The molecular weight excluding hydrogens is 232 g/mol. The van der Waals surface area contributed by atoms with Crippen molar-refractivity contribution >= 4 is 9.84 Å². The summed E-state index contributed by atoms with van der Waals surface area (Å²) in [6.07, 6.45) is 4.06. The second kappa shape index (κ2) is 4.81. The minimum absolute atomic E-state index is 0.182. The smallest absolute Gasteiger partial charge is 0.181 e. The zero-order valence-corrected chi connectivity index (χ0v) is 11.3. The molecule has 17 heavy (non-hydrogen) atoms. The maximum absolute atomic E-state index is 12.5. The maximum Gasteiger partial charge on any atom is 0.181 e. The van der Waals surface area contributed by atoms with Crippen molar-refractivity contribution in [1.82, 2.24) is 0 Å². The van der Waals surface area contributed by atoms with Gasteiger partial charge in [0.2, 0.25) is 0 Å². The monoisotopic (exact) mass is 252 g/mol.